The van der Waals surface area contributed by atoms with Crippen LogP contribution in [0.1, 0.15) is 49.6 Å². The summed E-state index contributed by atoms with van der Waals surface area (Å²) in [6.45, 7) is 6.28. The fraction of sp³-hybridized carbons (Fsp3) is 0.556. The van der Waals surface area contributed by atoms with Crippen LogP contribution in [-0.4, -0.2) is 67.7 Å². The molecular weight excluding hydrogens is 464 g/mol. The number of amides is 2. The second kappa shape index (κ2) is 11.9. The summed E-state index contributed by atoms with van der Waals surface area (Å²) in [6.07, 6.45) is 3.19. The molecule has 2 amide bonds. The first-order chi connectivity index (χ1) is 16.9. The van der Waals surface area contributed by atoms with Gasteiger partial charge in [0.05, 0.1) is 25.8 Å². The Hall–Kier alpha value is -2.58. The minimum atomic E-state index is -0.200. The van der Waals surface area contributed by atoms with Gasteiger partial charge in [-0.05, 0) is 54.3 Å². The molecule has 0 bridgehead atoms. The number of fused-ring (bicyclic) bond motifs is 1. The summed E-state index contributed by atoms with van der Waals surface area (Å²) < 4.78 is 17.2. The van der Waals surface area contributed by atoms with Crippen molar-refractivity contribution in [2.75, 3.05) is 40.0 Å². The average Bonchev–Trinajstić information content (AvgIpc) is 3.53. The van der Waals surface area contributed by atoms with E-state index in [4.69, 9.17) is 14.2 Å². The predicted octanol–water partition coefficient (Wildman–Crippen LogP) is 4.32. The van der Waals surface area contributed by atoms with Crippen LogP contribution in [0.2, 0.25) is 0 Å². The number of rotatable bonds is 10. The molecule has 0 unspecified atom stereocenters. The van der Waals surface area contributed by atoms with Gasteiger partial charge in [0, 0.05) is 37.1 Å². The third-order valence-electron chi connectivity index (χ3n) is 6.57. The van der Waals surface area contributed by atoms with E-state index in [2.05, 4.69) is 11.4 Å². The fourth-order valence-corrected chi connectivity index (χ4v) is 5.69. The quantitative estimate of drug-likeness (QED) is 0.486. The van der Waals surface area contributed by atoms with Gasteiger partial charge in [-0.3, -0.25) is 9.59 Å². The number of nitrogens with zero attached hydrogens (tertiary/aromatic N) is 2. The zero-order valence-corrected chi connectivity index (χ0v) is 21.7. The molecule has 7 nitrogen and oxygen atoms in total. The van der Waals surface area contributed by atoms with Crippen LogP contribution in [0, 0.1) is 5.92 Å². The number of ether oxygens (including phenoxy) is 3. The lowest BCUT2D eigenvalue weighted by Crippen LogP contribution is -2.49. The fourth-order valence-electron chi connectivity index (χ4n) is 4.76. The summed E-state index contributed by atoms with van der Waals surface area (Å²) in [7, 11) is 1.63. The van der Waals surface area contributed by atoms with Crippen LogP contribution in [0.5, 0.6) is 11.5 Å². The summed E-state index contributed by atoms with van der Waals surface area (Å²) >= 11 is 1.72. The van der Waals surface area contributed by atoms with E-state index in [0.29, 0.717) is 31.9 Å². The summed E-state index contributed by atoms with van der Waals surface area (Å²) in [6, 6.07) is 9.38. The molecule has 2 aliphatic heterocycles. The first-order valence-corrected chi connectivity index (χ1v) is 13.3. The Bertz CT molecular complexity index is 1000. The minimum Gasteiger partial charge on any atom is -0.497 e. The van der Waals surface area contributed by atoms with Gasteiger partial charge < -0.3 is 24.0 Å². The van der Waals surface area contributed by atoms with E-state index in [-0.39, 0.29) is 36.4 Å². The highest BCUT2D eigenvalue weighted by atomic mass is 32.1. The summed E-state index contributed by atoms with van der Waals surface area (Å²) in [5.41, 5.74) is 1.14. The maximum absolute atomic E-state index is 13.6. The van der Waals surface area contributed by atoms with E-state index < -0.39 is 0 Å². The Balaban J connectivity index is 1.49. The smallest absolute Gasteiger partial charge is 0.242 e. The highest BCUT2D eigenvalue weighted by Crippen LogP contribution is 2.34. The van der Waals surface area contributed by atoms with Crippen molar-refractivity contribution in [3.05, 3.63) is 46.2 Å². The van der Waals surface area contributed by atoms with Gasteiger partial charge in [0.2, 0.25) is 11.8 Å². The lowest BCUT2D eigenvalue weighted by molar-refractivity contribution is -0.144. The standard InChI is InChI=1S/C27H36N2O5S/c1-19(2)14-26(30)28(16-22-8-5-12-33-22)17-27(31)29-11-9-25-23(10-13-35-25)24(29)18-34-21-7-4-6-20(15-21)32-3/h4,6-7,10,13,15,19,22,24H,5,8-9,11-12,14,16-18H2,1-3H3/t22-,24-/m1/s1. The third kappa shape index (κ3) is 6.55. The zero-order valence-electron chi connectivity index (χ0n) is 20.9. The van der Waals surface area contributed by atoms with E-state index in [9.17, 15) is 9.59 Å². The Morgan fingerprint density at radius 3 is 2.83 bits per heavy atom. The van der Waals surface area contributed by atoms with Crippen LogP contribution < -0.4 is 9.47 Å². The second-order valence-electron chi connectivity index (χ2n) is 9.65. The van der Waals surface area contributed by atoms with E-state index >= 15 is 0 Å². The SMILES string of the molecule is COc1cccc(OC[C@@H]2c3ccsc3CCN2C(=O)CN(C[C@H]2CCCO2)C(=O)CC(C)C)c1. The van der Waals surface area contributed by atoms with Gasteiger partial charge in [-0.15, -0.1) is 11.3 Å². The summed E-state index contributed by atoms with van der Waals surface area (Å²) in [4.78, 5) is 31.6. The summed E-state index contributed by atoms with van der Waals surface area (Å²) in [5, 5.41) is 2.08. The molecule has 0 spiro atoms. The Morgan fingerprint density at radius 2 is 2.09 bits per heavy atom. The molecule has 35 heavy (non-hydrogen) atoms. The molecule has 2 aliphatic rings. The van der Waals surface area contributed by atoms with Crippen molar-refractivity contribution in [2.24, 2.45) is 5.92 Å². The number of benzene rings is 1. The lowest BCUT2D eigenvalue weighted by atomic mass is 10.00. The van der Waals surface area contributed by atoms with E-state index in [1.165, 1.54) is 4.88 Å². The topological polar surface area (TPSA) is 68.3 Å². The average molecular weight is 501 g/mol. The van der Waals surface area contributed by atoms with Crippen molar-refractivity contribution in [2.45, 2.75) is 51.7 Å². The number of carbonyl (C=O) groups is 2. The molecule has 190 valence electrons. The molecule has 1 saturated heterocycles. The van der Waals surface area contributed by atoms with Crippen LogP contribution >= 0.6 is 11.3 Å². The molecule has 1 fully saturated rings. The van der Waals surface area contributed by atoms with E-state index in [0.717, 1.165) is 37.2 Å². The monoisotopic (exact) mass is 500 g/mol. The van der Waals surface area contributed by atoms with Crippen LogP contribution in [0.3, 0.4) is 0 Å². The summed E-state index contributed by atoms with van der Waals surface area (Å²) in [5.74, 6) is 1.63. The lowest BCUT2D eigenvalue weighted by Gasteiger charge is -2.37. The molecule has 2 atom stereocenters. The van der Waals surface area contributed by atoms with Crippen LogP contribution in [0.15, 0.2) is 35.7 Å². The molecule has 0 radical (unpaired) electrons. The van der Waals surface area contributed by atoms with E-state index in [1.807, 2.05) is 43.0 Å². The largest absolute Gasteiger partial charge is 0.497 e. The van der Waals surface area contributed by atoms with Gasteiger partial charge >= 0.3 is 0 Å². The maximum atomic E-state index is 13.6. The van der Waals surface area contributed by atoms with Crippen molar-refractivity contribution < 1.29 is 23.8 Å². The van der Waals surface area contributed by atoms with Gasteiger partial charge in [0.1, 0.15) is 18.1 Å². The Kier molecular flexibility index (Phi) is 8.68. The predicted molar refractivity (Wildman–Crippen MR) is 136 cm³/mol. The van der Waals surface area contributed by atoms with Crippen LogP contribution in [-0.2, 0) is 20.7 Å². The van der Waals surface area contributed by atoms with Crippen molar-refractivity contribution in [1.29, 1.82) is 0 Å². The zero-order chi connectivity index (χ0) is 24.8. The van der Waals surface area contributed by atoms with Gasteiger partial charge in [-0.1, -0.05) is 19.9 Å². The van der Waals surface area contributed by atoms with Crippen LogP contribution in [0.25, 0.3) is 0 Å². The van der Waals surface area contributed by atoms with Gasteiger partial charge in [0.25, 0.3) is 0 Å². The van der Waals surface area contributed by atoms with Crippen molar-refractivity contribution in [1.82, 2.24) is 9.80 Å². The molecule has 0 N–H and O–H groups in total. The Labute approximate surface area is 212 Å². The number of carbonyl (C=O) groups excluding carboxylic acids is 2. The maximum Gasteiger partial charge on any atom is 0.242 e. The van der Waals surface area contributed by atoms with Gasteiger partial charge in [-0.2, -0.15) is 0 Å². The minimum absolute atomic E-state index is 0.0101. The highest BCUT2D eigenvalue weighted by molar-refractivity contribution is 7.10. The molecule has 0 saturated carbocycles. The molecule has 1 aromatic carbocycles. The van der Waals surface area contributed by atoms with Crippen molar-refractivity contribution >= 4 is 23.2 Å². The molecule has 0 aliphatic carbocycles. The van der Waals surface area contributed by atoms with Gasteiger partial charge in [0.15, 0.2) is 0 Å². The molecule has 4 rings (SSSR count). The highest BCUT2D eigenvalue weighted by Gasteiger charge is 2.34. The van der Waals surface area contributed by atoms with E-state index in [1.54, 1.807) is 23.3 Å². The van der Waals surface area contributed by atoms with Crippen molar-refractivity contribution in [3.63, 3.8) is 0 Å². The second-order valence-corrected chi connectivity index (χ2v) is 10.6. The van der Waals surface area contributed by atoms with Gasteiger partial charge in [-0.25, -0.2) is 0 Å². The Morgan fingerprint density at radius 1 is 1.26 bits per heavy atom. The first-order valence-electron chi connectivity index (χ1n) is 12.5. The molecular formula is C27H36N2O5S. The molecule has 2 aromatic rings. The number of methoxy groups -OCH3 is 1. The molecule has 3 heterocycles. The number of hydrogen-bond donors (Lipinski definition) is 0. The van der Waals surface area contributed by atoms with Crippen molar-refractivity contribution in [3.8, 4) is 11.5 Å². The molecule has 1 aromatic heterocycles. The normalized spacial score (nSPS) is 19.5. The molecule has 8 heteroatoms. The number of thiophene rings is 1. The first kappa shape index (κ1) is 25.5. The number of hydrogen-bond acceptors (Lipinski definition) is 6. The third-order valence-corrected chi connectivity index (χ3v) is 7.57. The van der Waals surface area contributed by atoms with Crippen LogP contribution in [0.4, 0.5) is 0 Å².